The predicted molar refractivity (Wildman–Crippen MR) is 121 cm³/mol. The quantitative estimate of drug-likeness (QED) is 0.540. The highest BCUT2D eigenvalue weighted by Gasteiger charge is 2.33. The second-order valence-corrected chi connectivity index (χ2v) is 7.87. The summed E-state index contributed by atoms with van der Waals surface area (Å²) in [5.41, 5.74) is 0.495. The maximum absolute atomic E-state index is 13.4. The summed E-state index contributed by atoms with van der Waals surface area (Å²) in [5.74, 6) is 1.18. The number of para-hydroxylation sites is 1. The first kappa shape index (κ1) is 21.7. The topological polar surface area (TPSA) is 82.8 Å². The van der Waals surface area contributed by atoms with E-state index in [0.29, 0.717) is 28.9 Å². The van der Waals surface area contributed by atoms with Crippen molar-refractivity contribution in [3.8, 4) is 11.5 Å². The molecule has 4 rings (SSSR count). The molecule has 1 aliphatic rings. The Hall–Kier alpha value is -3.55. The van der Waals surface area contributed by atoms with Gasteiger partial charge in [-0.1, -0.05) is 12.1 Å². The average molecular weight is 437 g/mol. The largest absolute Gasteiger partial charge is 0.497 e. The Morgan fingerprint density at radius 2 is 1.81 bits per heavy atom. The van der Waals surface area contributed by atoms with Crippen molar-refractivity contribution in [2.45, 2.75) is 45.4 Å². The van der Waals surface area contributed by atoms with Crippen LogP contribution < -0.4 is 20.7 Å². The number of nitrogens with zero attached hydrogens (tertiary/aromatic N) is 3. The molecule has 2 aromatic carbocycles. The molecule has 0 aliphatic heterocycles. The lowest BCUT2D eigenvalue weighted by Gasteiger charge is -2.25. The molecule has 1 aliphatic carbocycles. The number of carbonyl (C=O) groups is 1. The first-order chi connectivity index (χ1) is 15.5. The Balaban J connectivity index is 1.71. The molecule has 1 aromatic heterocycles. The number of methoxy groups -OCH3 is 2. The highest BCUT2D eigenvalue weighted by molar-refractivity contribution is 5.82. The van der Waals surface area contributed by atoms with Crippen LogP contribution in [0.5, 0.6) is 11.5 Å². The molecule has 0 N–H and O–H groups in total. The Kier molecular flexibility index (Phi) is 6.03. The first-order valence-electron chi connectivity index (χ1n) is 10.7. The maximum atomic E-state index is 13.4. The minimum absolute atomic E-state index is 0.123. The molecule has 1 heterocycles. The number of aromatic nitrogens is 2. The molecule has 168 valence electrons. The van der Waals surface area contributed by atoms with Gasteiger partial charge >= 0.3 is 5.69 Å². The van der Waals surface area contributed by atoms with Crippen molar-refractivity contribution in [1.29, 1.82) is 0 Å². The molecular formula is C24H27N3O5. The number of carbonyl (C=O) groups excluding carboxylic acids is 1. The van der Waals surface area contributed by atoms with E-state index in [0.717, 1.165) is 18.4 Å². The highest BCUT2D eigenvalue weighted by atomic mass is 16.5. The van der Waals surface area contributed by atoms with Crippen LogP contribution in [0.25, 0.3) is 10.9 Å². The van der Waals surface area contributed by atoms with E-state index < -0.39 is 5.69 Å². The summed E-state index contributed by atoms with van der Waals surface area (Å²) >= 11 is 0. The van der Waals surface area contributed by atoms with Crippen LogP contribution in [-0.2, 0) is 24.4 Å². The van der Waals surface area contributed by atoms with E-state index >= 15 is 0 Å². The van der Waals surface area contributed by atoms with E-state index in [1.54, 1.807) is 50.3 Å². The van der Waals surface area contributed by atoms with E-state index in [-0.39, 0.29) is 30.6 Å². The minimum atomic E-state index is -0.473. The number of hydrogen-bond donors (Lipinski definition) is 0. The number of hydrogen-bond acceptors (Lipinski definition) is 5. The third-order valence-corrected chi connectivity index (χ3v) is 5.88. The zero-order chi connectivity index (χ0) is 22.8. The lowest BCUT2D eigenvalue weighted by Crippen LogP contribution is -2.43. The summed E-state index contributed by atoms with van der Waals surface area (Å²) in [6, 6.07) is 12.5. The third-order valence-electron chi connectivity index (χ3n) is 5.88. The summed E-state index contributed by atoms with van der Waals surface area (Å²) in [6.45, 7) is 2.20. The summed E-state index contributed by atoms with van der Waals surface area (Å²) < 4.78 is 13.4. The fourth-order valence-electron chi connectivity index (χ4n) is 4.02. The molecule has 0 bridgehead atoms. The van der Waals surface area contributed by atoms with Crippen LogP contribution in [0.3, 0.4) is 0 Å². The van der Waals surface area contributed by atoms with Crippen LogP contribution in [-0.4, -0.2) is 40.2 Å². The summed E-state index contributed by atoms with van der Waals surface area (Å²) in [4.78, 5) is 40.9. The molecule has 0 radical (unpaired) electrons. The van der Waals surface area contributed by atoms with Crippen LogP contribution in [0.4, 0.5) is 0 Å². The van der Waals surface area contributed by atoms with Crippen LogP contribution in [0, 0.1) is 0 Å². The Morgan fingerprint density at radius 1 is 1.06 bits per heavy atom. The van der Waals surface area contributed by atoms with Crippen molar-refractivity contribution in [2.24, 2.45) is 0 Å². The van der Waals surface area contributed by atoms with Gasteiger partial charge in [0.25, 0.3) is 5.56 Å². The molecule has 8 nitrogen and oxygen atoms in total. The van der Waals surface area contributed by atoms with E-state index in [4.69, 9.17) is 9.47 Å². The lowest BCUT2D eigenvalue weighted by molar-refractivity contribution is -0.133. The molecule has 0 unspecified atom stereocenters. The molecule has 0 spiro atoms. The number of rotatable bonds is 8. The Bertz CT molecular complexity index is 1270. The van der Waals surface area contributed by atoms with Gasteiger partial charge in [0.15, 0.2) is 0 Å². The Labute approximate surface area is 185 Å². The first-order valence-corrected chi connectivity index (χ1v) is 10.7. The zero-order valence-corrected chi connectivity index (χ0v) is 18.5. The van der Waals surface area contributed by atoms with Crippen molar-refractivity contribution in [3.05, 3.63) is 68.9 Å². The maximum Gasteiger partial charge on any atom is 0.331 e. The van der Waals surface area contributed by atoms with Gasteiger partial charge in [-0.15, -0.1) is 0 Å². The molecule has 1 fully saturated rings. The van der Waals surface area contributed by atoms with Crippen molar-refractivity contribution < 1.29 is 14.3 Å². The summed E-state index contributed by atoms with van der Waals surface area (Å²) in [5, 5.41) is 0.425. The van der Waals surface area contributed by atoms with Gasteiger partial charge in [0.05, 0.1) is 25.1 Å². The van der Waals surface area contributed by atoms with Gasteiger partial charge in [-0.2, -0.15) is 0 Å². The van der Waals surface area contributed by atoms with Crippen molar-refractivity contribution in [3.63, 3.8) is 0 Å². The van der Waals surface area contributed by atoms with Gasteiger partial charge in [0.2, 0.25) is 5.91 Å². The molecular weight excluding hydrogens is 410 g/mol. The van der Waals surface area contributed by atoms with E-state index in [1.807, 2.05) is 18.2 Å². The molecule has 3 aromatic rings. The second kappa shape index (κ2) is 8.90. The van der Waals surface area contributed by atoms with Crippen molar-refractivity contribution in [1.82, 2.24) is 14.0 Å². The van der Waals surface area contributed by atoms with E-state index in [9.17, 15) is 14.4 Å². The van der Waals surface area contributed by atoms with Crippen LogP contribution in [0.2, 0.25) is 0 Å². The smallest absolute Gasteiger partial charge is 0.331 e. The molecule has 1 saturated carbocycles. The van der Waals surface area contributed by atoms with Gasteiger partial charge in [0, 0.05) is 24.7 Å². The summed E-state index contributed by atoms with van der Waals surface area (Å²) in [6.07, 6.45) is 1.84. The van der Waals surface area contributed by atoms with Gasteiger partial charge < -0.3 is 14.4 Å². The molecule has 32 heavy (non-hydrogen) atoms. The van der Waals surface area contributed by atoms with Crippen molar-refractivity contribution >= 4 is 16.8 Å². The predicted octanol–water partition coefficient (Wildman–Crippen LogP) is 2.39. The van der Waals surface area contributed by atoms with Gasteiger partial charge in [0.1, 0.15) is 18.0 Å². The van der Waals surface area contributed by atoms with E-state index in [1.165, 1.54) is 9.13 Å². The van der Waals surface area contributed by atoms with Crippen LogP contribution >= 0.6 is 0 Å². The minimum Gasteiger partial charge on any atom is -0.497 e. The van der Waals surface area contributed by atoms with Crippen LogP contribution in [0.15, 0.2) is 52.1 Å². The average Bonchev–Trinajstić information content (AvgIpc) is 3.65. The van der Waals surface area contributed by atoms with Crippen LogP contribution in [0.1, 0.15) is 25.3 Å². The normalized spacial score (nSPS) is 13.2. The SMILES string of the molecule is CCn1c(=O)c2ccccc2n(CC(=O)N(Cc2cc(OC)ccc2OC)C2CC2)c1=O. The molecule has 1 amide bonds. The number of amides is 1. The monoisotopic (exact) mass is 437 g/mol. The number of fused-ring (bicyclic) bond motifs is 1. The lowest BCUT2D eigenvalue weighted by atomic mass is 10.1. The fourth-order valence-corrected chi connectivity index (χ4v) is 4.02. The fraction of sp³-hybridized carbons (Fsp3) is 0.375. The van der Waals surface area contributed by atoms with Gasteiger partial charge in [-0.3, -0.25) is 18.7 Å². The number of ether oxygens (including phenoxy) is 2. The number of benzene rings is 2. The summed E-state index contributed by atoms with van der Waals surface area (Å²) in [7, 11) is 3.18. The van der Waals surface area contributed by atoms with E-state index in [2.05, 4.69) is 0 Å². The standard InChI is InChI=1S/C24H27N3O5/c1-4-25-23(29)19-7-5-6-8-20(19)27(24(25)30)15-22(28)26(17-9-10-17)14-16-13-18(31-2)11-12-21(16)32-3/h5-8,11-13,17H,4,9-10,14-15H2,1-3H3. The van der Waals surface area contributed by atoms with Gasteiger partial charge in [-0.25, -0.2) is 4.79 Å². The molecule has 0 atom stereocenters. The third kappa shape index (κ3) is 4.00. The second-order valence-electron chi connectivity index (χ2n) is 7.87. The highest BCUT2D eigenvalue weighted by Crippen LogP contribution is 2.32. The molecule has 0 saturated heterocycles. The molecule has 8 heteroatoms. The zero-order valence-electron chi connectivity index (χ0n) is 18.5. The van der Waals surface area contributed by atoms with Gasteiger partial charge in [-0.05, 0) is 50.1 Å². The van der Waals surface area contributed by atoms with Crippen molar-refractivity contribution in [2.75, 3.05) is 14.2 Å². The Morgan fingerprint density at radius 3 is 2.47 bits per heavy atom.